The minimum atomic E-state index is -0.0809. The number of carbonyl (C=O) groups excluding carboxylic acids is 2. The molecule has 0 spiro atoms. The largest absolute Gasteiger partial charge is 0.385 e. The summed E-state index contributed by atoms with van der Waals surface area (Å²) in [6.45, 7) is 6.21. The van der Waals surface area contributed by atoms with E-state index in [0.29, 0.717) is 18.7 Å². The lowest BCUT2D eigenvalue weighted by molar-refractivity contribution is -0.129. The summed E-state index contributed by atoms with van der Waals surface area (Å²) in [5.74, 6) is 0.254. The Morgan fingerprint density at radius 2 is 2.04 bits per heavy atom. The third-order valence-corrected chi connectivity index (χ3v) is 4.45. The molecule has 0 aromatic carbocycles. The van der Waals surface area contributed by atoms with Crippen LogP contribution < -0.4 is 5.32 Å². The van der Waals surface area contributed by atoms with Crippen LogP contribution in [0, 0.1) is 6.92 Å². The summed E-state index contributed by atoms with van der Waals surface area (Å²) in [5, 5.41) is 2.94. The molecule has 1 fully saturated rings. The second kappa shape index (κ2) is 8.78. The Morgan fingerprint density at radius 3 is 2.67 bits per heavy atom. The third kappa shape index (κ3) is 4.77. The van der Waals surface area contributed by atoms with E-state index in [1.54, 1.807) is 14.0 Å². The van der Waals surface area contributed by atoms with Gasteiger partial charge in [0.2, 0.25) is 5.91 Å². The Hall–Kier alpha value is -1.95. The van der Waals surface area contributed by atoms with E-state index in [2.05, 4.69) is 10.3 Å². The maximum atomic E-state index is 12.5. The van der Waals surface area contributed by atoms with Crippen LogP contribution in [-0.2, 0) is 9.53 Å². The summed E-state index contributed by atoms with van der Waals surface area (Å²) in [5.41, 5.74) is 2.43. The first-order chi connectivity index (χ1) is 11.5. The van der Waals surface area contributed by atoms with Crippen molar-refractivity contribution in [1.82, 2.24) is 15.2 Å². The summed E-state index contributed by atoms with van der Waals surface area (Å²) < 4.78 is 5.00. The number of carbonyl (C=O) groups is 2. The molecule has 1 aliphatic heterocycles. The first-order valence-corrected chi connectivity index (χ1v) is 8.53. The maximum Gasteiger partial charge on any atom is 0.253 e. The molecule has 0 unspecified atom stereocenters. The minimum Gasteiger partial charge on any atom is -0.385 e. The van der Waals surface area contributed by atoms with Crippen LogP contribution in [0.5, 0.6) is 0 Å². The molecule has 1 aromatic heterocycles. The Balaban J connectivity index is 2.07. The van der Waals surface area contributed by atoms with E-state index in [1.165, 1.54) is 0 Å². The average Bonchev–Trinajstić information content (AvgIpc) is 2.58. The van der Waals surface area contributed by atoms with Crippen LogP contribution in [0.15, 0.2) is 12.1 Å². The van der Waals surface area contributed by atoms with E-state index in [-0.39, 0.29) is 17.7 Å². The van der Waals surface area contributed by atoms with Crippen molar-refractivity contribution in [2.75, 3.05) is 33.4 Å². The van der Waals surface area contributed by atoms with E-state index in [9.17, 15) is 9.59 Å². The van der Waals surface area contributed by atoms with Crippen molar-refractivity contribution in [3.63, 3.8) is 0 Å². The molecule has 1 N–H and O–H groups in total. The van der Waals surface area contributed by atoms with E-state index in [4.69, 9.17) is 4.74 Å². The van der Waals surface area contributed by atoms with Gasteiger partial charge in [-0.3, -0.25) is 14.6 Å². The van der Waals surface area contributed by atoms with Crippen molar-refractivity contribution >= 4 is 11.8 Å². The number of rotatable bonds is 6. The number of pyridine rings is 1. The molecule has 1 aromatic rings. The number of piperidine rings is 1. The maximum absolute atomic E-state index is 12.5. The topological polar surface area (TPSA) is 71.5 Å². The standard InChI is InChI=1S/C18H27N3O3/c1-13-5-6-16(18(23)19-9-4-12-24-3)17(20-13)15-7-10-21(11-8-15)14(2)22/h5-6,15H,4,7-12H2,1-3H3,(H,19,23). The van der Waals surface area contributed by atoms with Gasteiger partial charge >= 0.3 is 0 Å². The zero-order valence-electron chi connectivity index (χ0n) is 14.8. The molecule has 1 saturated heterocycles. The summed E-state index contributed by atoms with van der Waals surface area (Å²) in [4.78, 5) is 30.5. The summed E-state index contributed by atoms with van der Waals surface area (Å²) >= 11 is 0. The molecule has 0 saturated carbocycles. The third-order valence-electron chi connectivity index (χ3n) is 4.45. The predicted octanol–water partition coefficient (Wildman–Crippen LogP) is 1.88. The van der Waals surface area contributed by atoms with Crippen LogP contribution in [0.2, 0.25) is 0 Å². The second-order valence-corrected chi connectivity index (χ2v) is 6.27. The number of likely N-dealkylation sites (tertiary alicyclic amines) is 1. The molecule has 6 heteroatoms. The fourth-order valence-corrected chi connectivity index (χ4v) is 3.06. The molecule has 0 radical (unpaired) electrons. The number of aryl methyl sites for hydroxylation is 1. The average molecular weight is 333 g/mol. The first-order valence-electron chi connectivity index (χ1n) is 8.53. The predicted molar refractivity (Wildman–Crippen MR) is 92.0 cm³/mol. The van der Waals surface area contributed by atoms with Crippen LogP contribution in [0.25, 0.3) is 0 Å². The Morgan fingerprint density at radius 1 is 1.33 bits per heavy atom. The van der Waals surface area contributed by atoms with Gasteiger partial charge in [-0.1, -0.05) is 0 Å². The van der Waals surface area contributed by atoms with Crippen molar-refractivity contribution in [3.05, 3.63) is 29.1 Å². The SMILES string of the molecule is COCCCNC(=O)c1ccc(C)nc1C1CCN(C(C)=O)CC1. The second-order valence-electron chi connectivity index (χ2n) is 6.27. The summed E-state index contributed by atoms with van der Waals surface area (Å²) in [7, 11) is 1.65. The number of ether oxygens (including phenoxy) is 1. The zero-order chi connectivity index (χ0) is 17.5. The number of nitrogens with zero attached hydrogens (tertiary/aromatic N) is 2. The highest BCUT2D eigenvalue weighted by Gasteiger charge is 2.26. The summed E-state index contributed by atoms with van der Waals surface area (Å²) in [6, 6.07) is 3.74. The quantitative estimate of drug-likeness (QED) is 0.807. The fourth-order valence-electron chi connectivity index (χ4n) is 3.06. The molecule has 2 amide bonds. The minimum absolute atomic E-state index is 0.0809. The molecule has 0 atom stereocenters. The van der Waals surface area contributed by atoms with Crippen molar-refractivity contribution in [1.29, 1.82) is 0 Å². The molecule has 2 heterocycles. The lowest BCUT2D eigenvalue weighted by Gasteiger charge is -2.31. The van der Waals surface area contributed by atoms with E-state index < -0.39 is 0 Å². The Labute approximate surface area is 143 Å². The van der Waals surface area contributed by atoms with Gasteiger partial charge in [-0.25, -0.2) is 0 Å². The van der Waals surface area contributed by atoms with Gasteiger partial charge in [-0.05, 0) is 38.3 Å². The summed E-state index contributed by atoms with van der Waals surface area (Å²) in [6.07, 6.45) is 2.48. The number of aromatic nitrogens is 1. The number of amides is 2. The van der Waals surface area contributed by atoms with Gasteiger partial charge in [0.1, 0.15) is 0 Å². The number of nitrogens with one attached hydrogen (secondary N) is 1. The van der Waals surface area contributed by atoms with Gasteiger partial charge in [0, 0.05) is 51.9 Å². The van der Waals surface area contributed by atoms with Crippen molar-refractivity contribution in [2.45, 2.75) is 39.0 Å². The highest BCUT2D eigenvalue weighted by molar-refractivity contribution is 5.95. The van der Waals surface area contributed by atoms with Gasteiger partial charge < -0.3 is 15.0 Å². The molecule has 24 heavy (non-hydrogen) atoms. The molecule has 6 nitrogen and oxygen atoms in total. The van der Waals surface area contributed by atoms with Gasteiger partial charge in [0.05, 0.1) is 11.3 Å². The van der Waals surface area contributed by atoms with E-state index in [0.717, 1.165) is 43.7 Å². The van der Waals surface area contributed by atoms with Crippen molar-refractivity contribution in [3.8, 4) is 0 Å². The van der Waals surface area contributed by atoms with Crippen LogP contribution in [0.3, 0.4) is 0 Å². The van der Waals surface area contributed by atoms with Gasteiger partial charge in [0.25, 0.3) is 5.91 Å². The smallest absolute Gasteiger partial charge is 0.253 e. The highest BCUT2D eigenvalue weighted by Crippen LogP contribution is 2.29. The van der Waals surface area contributed by atoms with E-state index in [1.807, 2.05) is 24.0 Å². The molecule has 2 rings (SSSR count). The van der Waals surface area contributed by atoms with Gasteiger partial charge in [-0.2, -0.15) is 0 Å². The van der Waals surface area contributed by atoms with E-state index >= 15 is 0 Å². The van der Waals surface area contributed by atoms with Crippen LogP contribution in [0.1, 0.15) is 53.8 Å². The van der Waals surface area contributed by atoms with Crippen molar-refractivity contribution < 1.29 is 14.3 Å². The lowest BCUT2D eigenvalue weighted by Crippen LogP contribution is -2.37. The lowest BCUT2D eigenvalue weighted by atomic mass is 9.90. The highest BCUT2D eigenvalue weighted by atomic mass is 16.5. The first kappa shape index (κ1) is 18.4. The van der Waals surface area contributed by atoms with Crippen molar-refractivity contribution in [2.24, 2.45) is 0 Å². The normalized spacial score (nSPS) is 15.4. The van der Waals surface area contributed by atoms with Gasteiger partial charge in [0.15, 0.2) is 0 Å². The molecule has 0 bridgehead atoms. The molecular weight excluding hydrogens is 306 g/mol. The van der Waals surface area contributed by atoms with Crippen LogP contribution >= 0.6 is 0 Å². The monoisotopic (exact) mass is 333 g/mol. The molecule has 0 aliphatic carbocycles. The number of hydrogen-bond donors (Lipinski definition) is 1. The molecule has 1 aliphatic rings. The van der Waals surface area contributed by atoms with Crippen LogP contribution in [-0.4, -0.2) is 55.0 Å². The fraction of sp³-hybridized carbons (Fsp3) is 0.611. The molecular formula is C18H27N3O3. The van der Waals surface area contributed by atoms with Crippen LogP contribution in [0.4, 0.5) is 0 Å². The van der Waals surface area contributed by atoms with Gasteiger partial charge in [-0.15, -0.1) is 0 Å². The Kier molecular flexibility index (Phi) is 6.73. The molecule has 132 valence electrons. The Bertz CT molecular complexity index is 581. The number of methoxy groups -OCH3 is 1. The zero-order valence-corrected chi connectivity index (χ0v) is 14.8. The number of hydrogen-bond acceptors (Lipinski definition) is 4.